The molecular weight excluding hydrogens is 228 g/mol. The van der Waals surface area contributed by atoms with E-state index in [2.05, 4.69) is 55.4 Å². The second-order valence-corrected chi connectivity index (χ2v) is 4.06. The average Bonchev–Trinajstić information content (AvgIpc) is 2.43. The van der Waals surface area contributed by atoms with Gasteiger partial charge in [-0.1, -0.05) is 128 Å². The standard InChI is InChI=1S/C5H12.2C4H10.C3H8.C2H6.CH4/c1-3-5-4-2;2*1-3-4-2;1-3-2;1-2;/h3-5H2,1-2H3;2*3-4H2,1-2H3;3H2,1-2H3;1-2H3;1H4. The lowest BCUT2D eigenvalue weighted by molar-refractivity contribution is 0.772. The molecule has 0 bridgehead atoms. The molecule has 19 heavy (non-hydrogen) atoms. The van der Waals surface area contributed by atoms with Crippen LogP contribution in [0, 0.1) is 0 Å². The first-order valence-electron chi connectivity index (χ1n) is 8.66. The first kappa shape index (κ1) is 36.4. The second kappa shape index (κ2) is 81.3. The summed E-state index contributed by atoms with van der Waals surface area (Å²) in [6.45, 7) is 21.4. The van der Waals surface area contributed by atoms with Crippen LogP contribution in [0.2, 0.25) is 0 Å². The molecule has 0 N–H and O–H groups in total. The molecule has 0 aromatic rings. The zero-order valence-corrected chi connectivity index (χ0v) is 15.7. The fourth-order valence-electron chi connectivity index (χ4n) is 0.354. The zero-order valence-electron chi connectivity index (χ0n) is 15.7. The van der Waals surface area contributed by atoms with E-state index in [9.17, 15) is 0 Å². The molecule has 0 aliphatic carbocycles. The van der Waals surface area contributed by atoms with E-state index in [-0.39, 0.29) is 7.43 Å². The Hall–Kier alpha value is 0. The summed E-state index contributed by atoms with van der Waals surface area (Å²) >= 11 is 0. The first-order valence-corrected chi connectivity index (χ1v) is 8.66. The van der Waals surface area contributed by atoms with E-state index < -0.39 is 0 Å². The van der Waals surface area contributed by atoms with Crippen molar-refractivity contribution in [3.05, 3.63) is 0 Å². The van der Waals surface area contributed by atoms with E-state index in [1.807, 2.05) is 13.8 Å². The third kappa shape index (κ3) is 288. The maximum Gasteiger partial charge on any atom is -0.0538 e. The van der Waals surface area contributed by atoms with Crippen LogP contribution < -0.4 is 0 Å². The van der Waals surface area contributed by atoms with Crippen molar-refractivity contribution in [1.29, 1.82) is 0 Å². The van der Waals surface area contributed by atoms with Crippen molar-refractivity contribution < 1.29 is 0 Å². The highest BCUT2D eigenvalue weighted by atomic mass is 13.7. The van der Waals surface area contributed by atoms with Gasteiger partial charge >= 0.3 is 0 Å². The molecule has 0 heteroatoms. The van der Waals surface area contributed by atoms with Gasteiger partial charge in [0.25, 0.3) is 0 Å². The highest BCUT2D eigenvalue weighted by Crippen LogP contribution is 1.88. The number of unbranched alkanes of at least 4 members (excludes halogenated alkanes) is 4. The molecule has 0 heterocycles. The van der Waals surface area contributed by atoms with Gasteiger partial charge in [0.2, 0.25) is 0 Å². The van der Waals surface area contributed by atoms with Crippen LogP contribution in [0.5, 0.6) is 0 Å². The van der Waals surface area contributed by atoms with Crippen molar-refractivity contribution in [2.24, 2.45) is 0 Å². The Morgan fingerprint density at radius 1 is 0.421 bits per heavy atom. The van der Waals surface area contributed by atoms with Gasteiger partial charge in [0, 0.05) is 0 Å². The highest BCUT2D eigenvalue weighted by Gasteiger charge is 1.68. The van der Waals surface area contributed by atoms with Crippen LogP contribution >= 0.6 is 0 Å². The molecule has 0 amide bonds. The summed E-state index contributed by atoms with van der Waals surface area (Å²) in [5.41, 5.74) is 0. The third-order valence-electron chi connectivity index (χ3n) is 1.71. The zero-order chi connectivity index (χ0) is 15.7. The molecule has 0 fully saturated rings. The van der Waals surface area contributed by atoms with Gasteiger partial charge in [0.1, 0.15) is 0 Å². The van der Waals surface area contributed by atoms with Crippen LogP contribution in [0.4, 0.5) is 0 Å². The molecule has 0 rings (SSSR count). The predicted molar refractivity (Wildman–Crippen MR) is 100 cm³/mol. The van der Waals surface area contributed by atoms with Crippen LogP contribution in [-0.2, 0) is 0 Å². The van der Waals surface area contributed by atoms with Crippen molar-refractivity contribution in [2.45, 2.75) is 128 Å². The maximum absolute atomic E-state index is 2.21. The van der Waals surface area contributed by atoms with Crippen molar-refractivity contribution in [3.8, 4) is 0 Å². The molecule has 0 saturated heterocycles. The SMILES string of the molecule is C.CC.CCC.CCCC.CCCC.CCCCC. The minimum atomic E-state index is 0. The summed E-state index contributed by atoms with van der Waals surface area (Å²) in [5, 5.41) is 0. The van der Waals surface area contributed by atoms with Crippen molar-refractivity contribution in [2.75, 3.05) is 0 Å². The Bertz CT molecular complexity index is 38.0. The molecule has 0 spiro atoms. The van der Waals surface area contributed by atoms with Crippen LogP contribution in [0.1, 0.15) is 128 Å². The van der Waals surface area contributed by atoms with Gasteiger partial charge < -0.3 is 0 Å². The van der Waals surface area contributed by atoms with Crippen LogP contribution in [0.15, 0.2) is 0 Å². The summed E-state index contributed by atoms with van der Waals surface area (Å²) in [6.07, 6.45) is 10.6. The van der Waals surface area contributed by atoms with E-state index in [0.29, 0.717) is 0 Å². The molecular formula is C19H50. The summed E-state index contributed by atoms with van der Waals surface area (Å²) in [7, 11) is 0. The van der Waals surface area contributed by atoms with E-state index in [1.54, 1.807) is 0 Å². The Labute approximate surface area is 128 Å². The van der Waals surface area contributed by atoms with Gasteiger partial charge in [-0.2, -0.15) is 0 Å². The Kier molecular flexibility index (Phi) is 156. The van der Waals surface area contributed by atoms with E-state index in [1.165, 1.54) is 51.4 Å². The fourth-order valence-corrected chi connectivity index (χ4v) is 0.354. The fraction of sp³-hybridized carbons (Fsp3) is 1.00. The van der Waals surface area contributed by atoms with Crippen molar-refractivity contribution in [1.82, 2.24) is 0 Å². The number of rotatable bonds is 4. The summed E-state index contributed by atoms with van der Waals surface area (Å²) in [4.78, 5) is 0. The minimum Gasteiger partial charge on any atom is -0.0776 e. The smallest absolute Gasteiger partial charge is 0.0538 e. The monoisotopic (exact) mass is 278 g/mol. The molecule has 126 valence electrons. The molecule has 0 aromatic carbocycles. The lowest BCUT2D eigenvalue weighted by Crippen LogP contribution is -1.59. The van der Waals surface area contributed by atoms with Crippen molar-refractivity contribution in [3.63, 3.8) is 0 Å². The Morgan fingerprint density at radius 2 is 0.579 bits per heavy atom. The average molecular weight is 279 g/mol. The quantitative estimate of drug-likeness (QED) is 0.481. The van der Waals surface area contributed by atoms with Gasteiger partial charge in [-0.15, -0.1) is 0 Å². The largest absolute Gasteiger partial charge is 0.0776 e. The van der Waals surface area contributed by atoms with Crippen LogP contribution in [-0.4, -0.2) is 0 Å². The molecule has 0 aliphatic heterocycles. The first-order chi connectivity index (χ1) is 8.66. The van der Waals surface area contributed by atoms with Crippen LogP contribution in [0.3, 0.4) is 0 Å². The Balaban J connectivity index is -0.0000000283. The van der Waals surface area contributed by atoms with E-state index >= 15 is 0 Å². The summed E-state index contributed by atoms with van der Waals surface area (Å²) < 4.78 is 0. The molecule has 0 aromatic heterocycles. The van der Waals surface area contributed by atoms with Gasteiger partial charge in [0.05, 0.1) is 0 Å². The lowest BCUT2D eigenvalue weighted by Gasteiger charge is -1.79. The molecule has 0 aliphatic rings. The van der Waals surface area contributed by atoms with Gasteiger partial charge in [0.15, 0.2) is 0 Å². The normalized spacial score (nSPS) is 6.63. The van der Waals surface area contributed by atoms with Gasteiger partial charge in [-0.3, -0.25) is 0 Å². The Morgan fingerprint density at radius 3 is 0.579 bits per heavy atom. The molecule has 0 nitrogen and oxygen atoms in total. The van der Waals surface area contributed by atoms with Crippen LogP contribution in [0.25, 0.3) is 0 Å². The molecule has 0 saturated carbocycles. The summed E-state index contributed by atoms with van der Waals surface area (Å²) in [6, 6.07) is 0. The van der Waals surface area contributed by atoms with E-state index in [0.717, 1.165) is 0 Å². The highest BCUT2D eigenvalue weighted by molar-refractivity contribution is 4.24. The van der Waals surface area contributed by atoms with Gasteiger partial charge in [-0.25, -0.2) is 0 Å². The molecule has 0 atom stereocenters. The number of hydrogen-bond donors (Lipinski definition) is 0. The minimum absolute atomic E-state index is 0. The lowest BCUT2D eigenvalue weighted by atomic mass is 10.3. The predicted octanol–water partition coefficient (Wildman–Crippen LogP) is 8.89. The van der Waals surface area contributed by atoms with Gasteiger partial charge in [-0.05, 0) is 0 Å². The van der Waals surface area contributed by atoms with Crippen molar-refractivity contribution >= 4 is 0 Å². The molecule has 0 unspecified atom stereocenters. The molecule has 0 radical (unpaired) electrons. The number of hydrogen-bond acceptors (Lipinski definition) is 0. The van der Waals surface area contributed by atoms with E-state index in [4.69, 9.17) is 0 Å². The maximum atomic E-state index is 2.21. The second-order valence-electron chi connectivity index (χ2n) is 4.06. The topological polar surface area (TPSA) is 0 Å². The third-order valence-corrected chi connectivity index (χ3v) is 1.71. The summed E-state index contributed by atoms with van der Waals surface area (Å²) in [5.74, 6) is 0.